The van der Waals surface area contributed by atoms with Gasteiger partial charge in [-0.25, -0.2) is 20.0 Å². The van der Waals surface area contributed by atoms with E-state index in [1.165, 1.54) is 47.8 Å². The monoisotopic (exact) mass is 636 g/mol. The molecule has 2 aliphatic rings. The van der Waals surface area contributed by atoms with Crippen molar-refractivity contribution in [2.24, 2.45) is 20.0 Å². The van der Waals surface area contributed by atoms with Crippen molar-refractivity contribution in [1.29, 1.82) is 0 Å². The predicted molar refractivity (Wildman–Crippen MR) is 165 cm³/mol. The van der Waals surface area contributed by atoms with Crippen molar-refractivity contribution in [1.82, 2.24) is 0 Å². The number of aliphatic imine (C=N–C) groups is 4. The number of hydrogen-bond acceptors (Lipinski definition) is 6. The van der Waals surface area contributed by atoms with Crippen LogP contribution in [0.3, 0.4) is 0 Å². The summed E-state index contributed by atoms with van der Waals surface area (Å²) in [5.41, 5.74) is 1.29. The summed E-state index contributed by atoms with van der Waals surface area (Å²) < 4.78 is 79.4. The molecule has 0 amide bonds. The van der Waals surface area contributed by atoms with Crippen molar-refractivity contribution >= 4 is 56.4 Å². The Bertz CT molecular complexity index is 1700. The summed E-state index contributed by atoms with van der Waals surface area (Å²) >= 11 is 2.40. The van der Waals surface area contributed by atoms with Gasteiger partial charge in [-0.05, 0) is 72.1 Å². The zero-order valence-electron chi connectivity index (χ0n) is 22.3. The summed E-state index contributed by atoms with van der Waals surface area (Å²) in [6.45, 7) is 0. The van der Waals surface area contributed by atoms with E-state index < -0.39 is 23.5 Å². The summed E-state index contributed by atoms with van der Waals surface area (Å²) in [5, 5.41) is 1.78. The molecular weight excluding hydrogens is 619 g/mol. The third-order valence-electron chi connectivity index (χ3n) is 6.35. The van der Waals surface area contributed by atoms with Crippen molar-refractivity contribution in [3.63, 3.8) is 0 Å². The van der Waals surface area contributed by atoms with Crippen molar-refractivity contribution in [3.05, 3.63) is 142 Å². The van der Waals surface area contributed by atoms with E-state index in [1.807, 2.05) is 36.4 Å². The van der Waals surface area contributed by atoms with Crippen molar-refractivity contribution < 1.29 is 26.3 Å². The highest BCUT2D eigenvalue weighted by Gasteiger charge is 2.34. The van der Waals surface area contributed by atoms with Gasteiger partial charge in [0.25, 0.3) is 0 Å². The number of para-hydroxylation sites is 2. The molecule has 220 valence electrons. The molecule has 6 rings (SSSR count). The van der Waals surface area contributed by atoms with E-state index in [9.17, 15) is 26.3 Å². The second kappa shape index (κ2) is 11.9. The minimum Gasteiger partial charge on any atom is -0.239 e. The molecule has 0 spiro atoms. The minimum atomic E-state index is -4.49. The van der Waals surface area contributed by atoms with Gasteiger partial charge in [-0.2, -0.15) is 26.3 Å². The van der Waals surface area contributed by atoms with Crippen LogP contribution in [0.1, 0.15) is 22.3 Å². The van der Waals surface area contributed by atoms with Crippen LogP contribution in [0, 0.1) is 0 Å². The standard InChI is InChI=1S/C32H18F6N4S2/c33-31(34,35)21-15-11-19(12-16-21)25-27(39-23-7-3-1-4-8-23)43-29(41-25)30-42-26(20-13-17-22(18-14-20)32(36,37)38)28(44-30)40-24-9-5-2-6-10-24/h1-18H/b30-29-,39-27?,40-28?. The van der Waals surface area contributed by atoms with Crippen molar-refractivity contribution in [3.8, 4) is 0 Å². The first-order chi connectivity index (χ1) is 21.0. The Hall–Kier alpha value is -4.42. The summed E-state index contributed by atoms with van der Waals surface area (Å²) in [5.74, 6) is 0. The Balaban J connectivity index is 1.45. The van der Waals surface area contributed by atoms with Gasteiger partial charge in [-0.3, -0.25) is 0 Å². The highest BCUT2D eigenvalue weighted by molar-refractivity contribution is 8.22. The van der Waals surface area contributed by atoms with Gasteiger partial charge in [0.05, 0.1) is 22.5 Å². The molecule has 0 aliphatic carbocycles. The highest BCUT2D eigenvalue weighted by atomic mass is 32.2. The van der Waals surface area contributed by atoms with Crippen LogP contribution in [-0.4, -0.2) is 21.5 Å². The lowest BCUT2D eigenvalue weighted by Crippen LogP contribution is -2.09. The van der Waals surface area contributed by atoms with Gasteiger partial charge in [0.2, 0.25) is 0 Å². The van der Waals surface area contributed by atoms with Crippen LogP contribution in [-0.2, 0) is 12.4 Å². The third kappa shape index (κ3) is 6.56. The minimum absolute atomic E-state index is 0.371. The van der Waals surface area contributed by atoms with Gasteiger partial charge in [-0.1, -0.05) is 60.7 Å². The van der Waals surface area contributed by atoms with E-state index in [0.29, 0.717) is 54.1 Å². The van der Waals surface area contributed by atoms with Gasteiger partial charge in [0.15, 0.2) is 0 Å². The fourth-order valence-corrected chi connectivity index (χ4v) is 6.19. The molecule has 0 saturated carbocycles. The SMILES string of the molecule is FC(F)(F)c1ccc(C2=N/C(=C3\N=C(c4ccc(C(F)(F)F)cc4)C(=Nc4ccccc4)S3)SC2=Nc2ccccc2)cc1. The molecule has 2 aliphatic heterocycles. The second-order valence-electron chi connectivity index (χ2n) is 9.39. The molecule has 2 heterocycles. The molecule has 0 N–H and O–H groups in total. The smallest absolute Gasteiger partial charge is 0.239 e. The molecule has 0 aromatic heterocycles. The Morgan fingerprint density at radius 1 is 0.455 bits per heavy atom. The van der Waals surface area contributed by atoms with Gasteiger partial charge in [0.1, 0.15) is 31.6 Å². The number of rotatable bonds is 4. The first-order valence-electron chi connectivity index (χ1n) is 13.0. The second-order valence-corrected chi connectivity index (χ2v) is 11.3. The van der Waals surface area contributed by atoms with E-state index in [0.717, 1.165) is 24.3 Å². The van der Waals surface area contributed by atoms with Crippen LogP contribution >= 0.6 is 23.5 Å². The van der Waals surface area contributed by atoms with E-state index >= 15 is 0 Å². The average Bonchev–Trinajstić information content (AvgIpc) is 3.62. The zero-order chi connectivity index (χ0) is 30.9. The number of alkyl halides is 6. The number of nitrogens with zero attached hydrogens (tertiary/aromatic N) is 4. The van der Waals surface area contributed by atoms with E-state index in [2.05, 4.69) is 0 Å². The predicted octanol–water partition coefficient (Wildman–Crippen LogP) is 10.1. The Kier molecular flexibility index (Phi) is 8.04. The van der Waals surface area contributed by atoms with Gasteiger partial charge in [-0.15, -0.1) is 0 Å². The largest absolute Gasteiger partial charge is 0.416 e. The molecule has 4 nitrogen and oxygen atoms in total. The lowest BCUT2D eigenvalue weighted by atomic mass is 10.1. The molecule has 0 unspecified atom stereocenters. The van der Waals surface area contributed by atoms with Gasteiger partial charge in [0, 0.05) is 11.1 Å². The summed E-state index contributed by atoms with van der Waals surface area (Å²) in [4.78, 5) is 18.9. The summed E-state index contributed by atoms with van der Waals surface area (Å²) in [6.07, 6.45) is -8.98. The lowest BCUT2D eigenvalue weighted by molar-refractivity contribution is -0.138. The topological polar surface area (TPSA) is 49.4 Å². The van der Waals surface area contributed by atoms with E-state index in [1.54, 1.807) is 24.3 Å². The molecule has 0 saturated heterocycles. The molecule has 0 atom stereocenters. The molecule has 44 heavy (non-hydrogen) atoms. The van der Waals surface area contributed by atoms with Gasteiger partial charge < -0.3 is 0 Å². The quantitative estimate of drug-likeness (QED) is 0.209. The maximum absolute atomic E-state index is 13.2. The number of hydrogen-bond donors (Lipinski definition) is 0. The average molecular weight is 637 g/mol. The van der Waals surface area contributed by atoms with Crippen LogP contribution < -0.4 is 0 Å². The molecule has 0 fully saturated rings. The molecule has 0 bridgehead atoms. The van der Waals surface area contributed by atoms with E-state index in [4.69, 9.17) is 20.0 Å². The summed E-state index contributed by atoms with van der Waals surface area (Å²) in [7, 11) is 0. The van der Waals surface area contributed by atoms with Crippen LogP contribution in [0.25, 0.3) is 0 Å². The summed E-state index contributed by atoms with van der Waals surface area (Å²) in [6, 6.07) is 27.4. The first kappa shape index (κ1) is 29.6. The Morgan fingerprint density at radius 3 is 1.11 bits per heavy atom. The fourth-order valence-electron chi connectivity index (χ4n) is 4.21. The maximum atomic E-state index is 13.2. The first-order valence-corrected chi connectivity index (χ1v) is 14.6. The maximum Gasteiger partial charge on any atom is 0.416 e. The van der Waals surface area contributed by atoms with Crippen LogP contribution in [0.2, 0.25) is 0 Å². The highest BCUT2D eigenvalue weighted by Crippen LogP contribution is 2.43. The molecule has 12 heteroatoms. The van der Waals surface area contributed by atoms with Crippen molar-refractivity contribution in [2.45, 2.75) is 12.4 Å². The van der Waals surface area contributed by atoms with E-state index in [-0.39, 0.29) is 0 Å². The normalized spacial score (nSPS) is 19.0. The number of benzene rings is 4. The van der Waals surface area contributed by atoms with Crippen LogP contribution in [0.5, 0.6) is 0 Å². The third-order valence-corrected chi connectivity index (χ3v) is 8.39. The molecule has 4 aromatic rings. The van der Waals surface area contributed by atoms with Crippen LogP contribution in [0.15, 0.2) is 139 Å². The Labute approximate surface area is 256 Å². The Morgan fingerprint density at radius 2 is 0.795 bits per heavy atom. The molecular formula is C32H18F6N4S2. The zero-order valence-corrected chi connectivity index (χ0v) is 23.9. The molecule has 0 radical (unpaired) electrons. The lowest BCUT2D eigenvalue weighted by Gasteiger charge is -2.07. The number of thioether (sulfide) groups is 2. The molecule has 4 aromatic carbocycles. The van der Waals surface area contributed by atoms with Crippen molar-refractivity contribution in [2.75, 3.05) is 0 Å². The van der Waals surface area contributed by atoms with Gasteiger partial charge >= 0.3 is 12.4 Å². The fraction of sp³-hybridized carbons (Fsp3) is 0.0625. The number of halogens is 6. The van der Waals surface area contributed by atoms with Crippen LogP contribution in [0.4, 0.5) is 37.7 Å².